The lowest BCUT2D eigenvalue weighted by Gasteiger charge is -2.10. The minimum absolute atomic E-state index is 0.142. The zero-order chi connectivity index (χ0) is 14.2. The van der Waals surface area contributed by atoms with Gasteiger partial charge in [-0.1, -0.05) is 0 Å². The number of halogens is 1. The number of nitrogens with zero attached hydrogens (tertiary/aromatic N) is 2. The molecule has 1 aliphatic heterocycles. The third-order valence-electron chi connectivity index (χ3n) is 3.20. The minimum Gasteiger partial charge on any atom is -0.439 e. The second-order valence-corrected chi connectivity index (χ2v) is 6.72. The summed E-state index contributed by atoms with van der Waals surface area (Å²) in [6.45, 7) is 0.639. The normalized spacial score (nSPS) is 18.4. The summed E-state index contributed by atoms with van der Waals surface area (Å²) in [4.78, 5) is 4.08. The van der Waals surface area contributed by atoms with Gasteiger partial charge in [0.25, 0.3) is 0 Å². The van der Waals surface area contributed by atoms with E-state index in [4.69, 9.17) is 4.42 Å². The average Bonchev–Trinajstić information content (AvgIpc) is 2.99. The second kappa shape index (κ2) is 4.99. The molecule has 1 saturated heterocycles. The van der Waals surface area contributed by atoms with Crippen LogP contribution in [0.15, 0.2) is 34.9 Å². The van der Waals surface area contributed by atoms with E-state index in [1.165, 1.54) is 22.6 Å². The number of hydrogen-bond acceptors (Lipinski definition) is 4. The van der Waals surface area contributed by atoms with Crippen LogP contribution in [-0.2, 0) is 16.6 Å². The van der Waals surface area contributed by atoms with Crippen LogP contribution in [0.25, 0.3) is 11.3 Å². The van der Waals surface area contributed by atoms with Crippen LogP contribution in [0.1, 0.15) is 12.3 Å². The standard InChI is InChI=1S/C13H13FN2O3S/c14-11-4-2-10(3-5-11)12-8-15-13(19-12)9-16-6-1-7-20(16,17)18/h2-5,8H,1,6-7,9H2. The molecule has 0 unspecified atom stereocenters. The minimum atomic E-state index is -3.16. The van der Waals surface area contributed by atoms with Crippen LogP contribution in [0.3, 0.4) is 0 Å². The van der Waals surface area contributed by atoms with Crippen molar-refractivity contribution in [2.24, 2.45) is 0 Å². The van der Waals surface area contributed by atoms with Crippen LogP contribution in [-0.4, -0.2) is 30.0 Å². The third kappa shape index (κ3) is 2.59. The molecule has 0 atom stereocenters. The highest BCUT2D eigenvalue weighted by Crippen LogP contribution is 2.23. The Morgan fingerprint density at radius 3 is 2.70 bits per heavy atom. The highest BCUT2D eigenvalue weighted by molar-refractivity contribution is 7.89. The molecule has 0 saturated carbocycles. The molecule has 2 heterocycles. The third-order valence-corrected chi connectivity index (χ3v) is 5.10. The van der Waals surface area contributed by atoms with E-state index in [-0.39, 0.29) is 18.1 Å². The van der Waals surface area contributed by atoms with E-state index in [9.17, 15) is 12.8 Å². The van der Waals surface area contributed by atoms with Crippen LogP contribution in [0.4, 0.5) is 4.39 Å². The Kier molecular flexibility index (Phi) is 3.31. The summed E-state index contributed by atoms with van der Waals surface area (Å²) in [5, 5.41) is 0. The van der Waals surface area contributed by atoms with Gasteiger partial charge in [0.15, 0.2) is 5.76 Å². The first kappa shape index (κ1) is 13.3. The molecule has 1 aromatic heterocycles. The monoisotopic (exact) mass is 296 g/mol. The van der Waals surface area contributed by atoms with Gasteiger partial charge < -0.3 is 4.42 Å². The fourth-order valence-corrected chi connectivity index (χ4v) is 3.62. The van der Waals surface area contributed by atoms with Crippen molar-refractivity contribution in [3.8, 4) is 11.3 Å². The van der Waals surface area contributed by atoms with Gasteiger partial charge in [-0.3, -0.25) is 0 Å². The quantitative estimate of drug-likeness (QED) is 0.869. The first-order chi connectivity index (χ1) is 9.54. The van der Waals surface area contributed by atoms with Crippen molar-refractivity contribution >= 4 is 10.0 Å². The van der Waals surface area contributed by atoms with Crippen molar-refractivity contribution < 1.29 is 17.2 Å². The van der Waals surface area contributed by atoms with Crippen molar-refractivity contribution in [1.29, 1.82) is 0 Å². The zero-order valence-corrected chi connectivity index (χ0v) is 11.4. The molecule has 7 heteroatoms. The van der Waals surface area contributed by atoms with Crippen LogP contribution < -0.4 is 0 Å². The maximum Gasteiger partial charge on any atom is 0.214 e. The van der Waals surface area contributed by atoms with Crippen molar-refractivity contribution in [1.82, 2.24) is 9.29 Å². The van der Waals surface area contributed by atoms with Gasteiger partial charge >= 0.3 is 0 Å². The maximum absolute atomic E-state index is 12.8. The van der Waals surface area contributed by atoms with Gasteiger partial charge in [0.1, 0.15) is 5.82 Å². The van der Waals surface area contributed by atoms with Gasteiger partial charge in [-0.05, 0) is 30.7 Å². The van der Waals surface area contributed by atoms with E-state index in [0.717, 1.165) is 0 Å². The van der Waals surface area contributed by atoms with E-state index >= 15 is 0 Å². The Bertz CT molecular complexity index is 709. The van der Waals surface area contributed by atoms with Crippen LogP contribution >= 0.6 is 0 Å². The summed E-state index contributed by atoms with van der Waals surface area (Å²) < 4.78 is 43.1. The number of oxazole rings is 1. The SMILES string of the molecule is O=S1(=O)CCCN1Cc1ncc(-c2ccc(F)cc2)o1. The zero-order valence-electron chi connectivity index (χ0n) is 10.6. The first-order valence-electron chi connectivity index (χ1n) is 6.23. The highest BCUT2D eigenvalue weighted by Gasteiger charge is 2.29. The Hall–Kier alpha value is -1.73. The summed E-state index contributed by atoms with van der Waals surface area (Å²) in [6.07, 6.45) is 2.15. The van der Waals surface area contributed by atoms with E-state index in [0.29, 0.717) is 30.2 Å². The van der Waals surface area contributed by atoms with Crippen LogP contribution in [0, 0.1) is 5.82 Å². The van der Waals surface area contributed by atoms with Gasteiger partial charge in [-0.25, -0.2) is 17.8 Å². The predicted octanol–water partition coefficient (Wildman–Crippen LogP) is 2.02. The lowest BCUT2D eigenvalue weighted by atomic mass is 10.2. The number of benzene rings is 1. The molecule has 0 aliphatic carbocycles. The van der Waals surface area contributed by atoms with Crippen molar-refractivity contribution in [2.45, 2.75) is 13.0 Å². The molecule has 20 heavy (non-hydrogen) atoms. The summed E-state index contributed by atoms with van der Waals surface area (Å²) in [7, 11) is -3.16. The second-order valence-electron chi connectivity index (χ2n) is 4.63. The van der Waals surface area contributed by atoms with Gasteiger partial charge in [0, 0.05) is 12.1 Å². The van der Waals surface area contributed by atoms with Crippen LogP contribution in [0.2, 0.25) is 0 Å². The van der Waals surface area contributed by atoms with Gasteiger partial charge in [0.05, 0.1) is 18.5 Å². The maximum atomic E-state index is 12.8. The van der Waals surface area contributed by atoms with Gasteiger partial charge in [-0.15, -0.1) is 0 Å². The van der Waals surface area contributed by atoms with E-state index in [1.807, 2.05) is 0 Å². The number of sulfonamides is 1. The lowest BCUT2D eigenvalue weighted by Crippen LogP contribution is -2.25. The largest absolute Gasteiger partial charge is 0.439 e. The molecule has 1 fully saturated rings. The summed E-state index contributed by atoms with van der Waals surface area (Å²) in [5.41, 5.74) is 0.703. The average molecular weight is 296 g/mol. The number of rotatable bonds is 3. The Balaban J connectivity index is 1.79. The van der Waals surface area contributed by atoms with E-state index in [2.05, 4.69) is 4.98 Å². The van der Waals surface area contributed by atoms with Gasteiger partial charge in [-0.2, -0.15) is 4.31 Å². The Morgan fingerprint density at radius 1 is 1.30 bits per heavy atom. The highest BCUT2D eigenvalue weighted by atomic mass is 32.2. The van der Waals surface area contributed by atoms with Gasteiger partial charge in [0.2, 0.25) is 15.9 Å². The van der Waals surface area contributed by atoms with Crippen LogP contribution in [0.5, 0.6) is 0 Å². The predicted molar refractivity (Wildman–Crippen MR) is 70.7 cm³/mol. The molecule has 1 aliphatic rings. The summed E-state index contributed by atoms with van der Waals surface area (Å²) in [6, 6.07) is 5.85. The summed E-state index contributed by atoms with van der Waals surface area (Å²) >= 11 is 0. The van der Waals surface area contributed by atoms with Crippen molar-refractivity contribution in [3.05, 3.63) is 42.2 Å². The number of hydrogen-bond donors (Lipinski definition) is 0. The Labute approximate surface area is 116 Å². The molecule has 2 aromatic rings. The molecule has 3 rings (SSSR count). The fraction of sp³-hybridized carbons (Fsp3) is 0.308. The molecular formula is C13H13FN2O3S. The molecular weight excluding hydrogens is 283 g/mol. The van der Waals surface area contributed by atoms with E-state index < -0.39 is 10.0 Å². The number of aromatic nitrogens is 1. The fourth-order valence-electron chi connectivity index (χ4n) is 2.15. The molecule has 0 amide bonds. The molecule has 5 nitrogen and oxygen atoms in total. The van der Waals surface area contributed by atoms with Crippen molar-refractivity contribution in [2.75, 3.05) is 12.3 Å². The first-order valence-corrected chi connectivity index (χ1v) is 7.84. The summed E-state index contributed by atoms with van der Waals surface area (Å²) in [5.74, 6) is 0.696. The van der Waals surface area contributed by atoms with Crippen molar-refractivity contribution in [3.63, 3.8) is 0 Å². The molecule has 106 valence electrons. The molecule has 0 radical (unpaired) electrons. The lowest BCUT2D eigenvalue weighted by molar-refractivity contribution is 0.379. The topological polar surface area (TPSA) is 63.4 Å². The molecule has 0 spiro atoms. The molecule has 0 bridgehead atoms. The Morgan fingerprint density at radius 2 is 2.05 bits per heavy atom. The smallest absolute Gasteiger partial charge is 0.214 e. The molecule has 0 N–H and O–H groups in total. The van der Waals surface area contributed by atoms with E-state index in [1.54, 1.807) is 12.1 Å². The molecule has 1 aromatic carbocycles.